The largest absolute Gasteiger partial charge is 0.479 e. The van der Waals surface area contributed by atoms with Gasteiger partial charge >= 0.3 is 5.97 Å². The second kappa shape index (κ2) is 6.93. The minimum atomic E-state index is -4.04. The van der Waals surface area contributed by atoms with E-state index in [1.807, 2.05) is 13.2 Å². The van der Waals surface area contributed by atoms with E-state index in [0.29, 0.717) is 5.75 Å². The third-order valence-electron chi connectivity index (χ3n) is 2.41. The van der Waals surface area contributed by atoms with E-state index in [1.165, 1.54) is 23.9 Å². The summed E-state index contributed by atoms with van der Waals surface area (Å²) >= 11 is 1.43. The van der Waals surface area contributed by atoms with Crippen molar-refractivity contribution < 1.29 is 22.5 Å². The van der Waals surface area contributed by atoms with Gasteiger partial charge in [0.25, 0.3) is 10.1 Å². The van der Waals surface area contributed by atoms with Gasteiger partial charge in [0.15, 0.2) is 6.10 Å². The molecular formula is C12H16O5S2. The predicted octanol–water partition coefficient (Wildman–Crippen LogP) is 1.91. The molecule has 0 aliphatic heterocycles. The maximum Gasteiger partial charge on any atom is 0.334 e. The monoisotopic (exact) mass is 304 g/mol. The molecule has 1 N–H and O–H groups in total. The molecular weight excluding hydrogens is 288 g/mol. The van der Waals surface area contributed by atoms with E-state index in [2.05, 4.69) is 0 Å². The highest BCUT2D eigenvalue weighted by Crippen LogP contribution is 2.17. The summed E-state index contributed by atoms with van der Waals surface area (Å²) in [6.45, 7) is 1.83. The van der Waals surface area contributed by atoms with Crippen LogP contribution < -0.4 is 0 Å². The van der Waals surface area contributed by atoms with E-state index in [1.54, 1.807) is 12.1 Å². The van der Waals surface area contributed by atoms with Crippen molar-refractivity contribution in [1.82, 2.24) is 0 Å². The molecule has 1 aromatic carbocycles. The summed E-state index contributed by atoms with van der Waals surface area (Å²) in [5, 5.41) is 8.96. The summed E-state index contributed by atoms with van der Waals surface area (Å²) in [5.74, 6) is -0.759. The third-order valence-corrected chi connectivity index (χ3v) is 4.39. The molecule has 0 aliphatic rings. The van der Waals surface area contributed by atoms with Gasteiger partial charge in [0.2, 0.25) is 0 Å². The Bertz CT molecular complexity index is 522. The number of thioether (sulfide) groups is 1. The lowest BCUT2D eigenvalue weighted by Crippen LogP contribution is -2.27. The number of hydrogen-bond acceptors (Lipinski definition) is 5. The molecule has 0 heterocycles. The van der Waals surface area contributed by atoms with Gasteiger partial charge in [-0.3, -0.25) is 4.18 Å². The van der Waals surface area contributed by atoms with Crippen LogP contribution in [-0.2, 0) is 19.1 Å². The lowest BCUT2D eigenvalue weighted by atomic mass is 10.2. The fourth-order valence-corrected chi connectivity index (χ4v) is 2.87. The van der Waals surface area contributed by atoms with Crippen LogP contribution in [0.25, 0.3) is 0 Å². The first-order valence-electron chi connectivity index (χ1n) is 5.58. The van der Waals surface area contributed by atoms with Crippen LogP contribution in [0.5, 0.6) is 0 Å². The van der Waals surface area contributed by atoms with Crippen LogP contribution >= 0.6 is 11.8 Å². The first-order chi connectivity index (χ1) is 8.86. The molecule has 1 atom stereocenters. The molecule has 0 fully saturated rings. The number of carboxylic acids is 1. The Kier molecular flexibility index (Phi) is 5.84. The van der Waals surface area contributed by atoms with Gasteiger partial charge < -0.3 is 5.11 Å². The van der Waals surface area contributed by atoms with Crippen molar-refractivity contribution in [3.8, 4) is 0 Å². The van der Waals surface area contributed by atoms with E-state index in [0.717, 1.165) is 5.56 Å². The number of carbonyl (C=O) groups is 1. The van der Waals surface area contributed by atoms with Gasteiger partial charge in [-0.25, -0.2) is 4.79 Å². The molecule has 106 valence electrons. The number of aliphatic carboxylic acids is 1. The molecule has 0 radical (unpaired) electrons. The summed E-state index contributed by atoms with van der Waals surface area (Å²) in [5.41, 5.74) is 0.913. The summed E-state index contributed by atoms with van der Waals surface area (Å²) < 4.78 is 28.6. The molecule has 7 heteroatoms. The average molecular weight is 304 g/mol. The fraction of sp³-hybridized carbons (Fsp3) is 0.417. The van der Waals surface area contributed by atoms with Crippen LogP contribution in [0.3, 0.4) is 0 Å². The van der Waals surface area contributed by atoms with E-state index < -0.39 is 22.2 Å². The van der Waals surface area contributed by atoms with E-state index in [-0.39, 0.29) is 11.3 Å². The van der Waals surface area contributed by atoms with Crippen LogP contribution in [0, 0.1) is 6.92 Å². The molecule has 0 aliphatic carbocycles. The van der Waals surface area contributed by atoms with Gasteiger partial charge in [-0.1, -0.05) is 17.7 Å². The number of carboxylic acid groups (broad SMARTS) is 1. The molecule has 0 bridgehead atoms. The van der Waals surface area contributed by atoms with Gasteiger partial charge in [-0.15, -0.1) is 0 Å². The van der Waals surface area contributed by atoms with Gasteiger partial charge in [0, 0.05) is 0 Å². The first kappa shape index (κ1) is 16.0. The van der Waals surface area contributed by atoms with Crippen molar-refractivity contribution in [2.24, 2.45) is 0 Å². The standard InChI is InChI=1S/C12H16O5S2/c1-9-3-5-10(6-4-9)19(15,16)17-11(12(13)14)7-8-18-2/h3-6,11H,7-8H2,1-2H3,(H,13,14). The highest BCUT2D eigenvalue weighted by molar-refractivity contribution is 7.98. The first-order valence-corrected chi connectivity index (χ1v) is 8.38. The summed E-state index contributed by atoms with van der Waals surface area (Å²) in [7, 11) is -4.04. The maximum atomic E-state index is 11.9. The van der Waals surface area contributed by atoms with Crippen LogP contribution in [-0.4, -0.2) is 37.6 Å². The smallest absolute Gasteiger partial charge is 0.334 e. The number of benzene rings is 1. The minimum absolute atomic E-state index is 0.0338. The van der Waals surface area contributed by atoms with Crippen molar-refractivity contribution in [3.63, 3.8) is 0 Å². The Labute approximate surface area is 117 Å². The lowest BCUT2D eigenvalue weighted by molar-refractivity contribution is -0.144. The van der Waals surface area contributed by atoms with Crippen LogP contribution in [0.15, 0.2) is 29.2 Å². The Morgan fingerprint density at radius 2 is 1.95 bits per heavy atom. The predicted molar refractivity (Wildman–Crippen MR) is 73.9 cm³/mol. The number of aryl methyl sites for hydroxylation is 1. The summed E-state index contributed by atoms with van der Waals surface area (Å²) in [4.78, 5) is 10.9. The highest BCUT2D eigenvalue weighted by atomic mass is 32.2. The molecule has 0 saturated carbocycles. The van der Waals surface area contributed by atoms with Crippen molar-refractivity contribution in [2.45, 2.75) is 24.3 Å². The molecule has 1 unspecified atom stereocenters. The molecule has 5 nitrogen and oxygen atoms in total. The van der Waals surface area contributed by atoms with Crippen molar-refractivity contribution >= 4 is 27.8 Å². The molecule has 0 aromatic heterocycles. The van der Waals surface area contributed by atoms with Crippen molar-refractivity contribution in [3.05, 3.63) is 29.8 Å². The number of hydrogen-bond donors (Lipinski definition) is 1. The maximum absolute atomic E-state index is 11.9. The zero-order valence-corrected chi connectivity index (χ0v) is 12.3. The quantitative estimate of drug-likeness (QED) is 0.775. The topological polar surface area (TPSA) is 80.7 Å². The lowest BCUT2D eigenvalue weighted by Gasteiger charge is -2.13. The summed E-state index contributed by atoms with van der Waals surface area (Å²) in [6, 6.07) is 6.07. The normalized spacial score (nSPS) is 13.2. The van der Waals surface area contributed by atoms with E-state index in [4.69, 9.17) is 9.29 Å². The van der Waals surface area contributed by atoms with Gasteiger partial charge in [0.05, 0.1) is 4.90 Å². The van der Waals surface area contributed by atoms with Crippen LogP contribution in [0.4, 0.5) is 0 Å². The van der Waals surface area contributed by atoms with Gasteiger partial charge in [-0.05, 0) is 37.5 Å². The summed E-state index contributed by atoms with van der Waals surface area (Å²) in [6.07, 6.45) is 0.605. The molecule has 1 aromatic rings. The SMILES string of the molecule is CSCCC(OS(=O)(=O)c1ccc(C)cc1)C(=O)O. The van der Waals surface area contributed by atoms with Crippen LogP contribution in [0.1, 0.15) is 12.0 Å². The van der Waals surface area contributed by atoms with E-state index in [9.17, 15) is 13.2 Å². The second-order valence-electron chi connectivity index (χ2n) is 3.97. The molecule has 0 saturated heterocycles. The van der Waals surface area contributed by atoms with Crippen molar-refractivity contribution in [2.75, 3.05) is 12.0 Å². The van der Waals surface area contributed by atoms with Crippen LogP contribution in [0.2, 0.25) is 0 Å². The zero-order valence-electron chi connectivity index (χ0n) is 10.7. The Balaban J connectivity index is 2.87. The Hall–Kier alpha value is -1.05. The van der Waals surface area contributed by atoms with E-state index >= 15 is 0 Å². The molecule has 0 spiro atoms. The highest BCUT2D eigenvalue weighted by Gasteiger charge is 2.26. The van der Waals surface area contributed by atoms with Crippen molar-refractivity contribution in [1.29, 1.82) is 0 Å². The second-order valence-corrected chi connectivity index (χ2v) is 6.53. The molecule has 0 amide bonds. The van der Waals surface area contributed by atoms with Gasteiger partial charge in [-0.2, -0.15) is 20.2 Å². The zero-order chi connectivity index (χ0) is 14.5. The van der Waals surface area contributed by atoms with Gasteiger partial charge in [0.1, 0.15) is 0 Å². The molecule has 19 heavy (non-hydrogen) atoms. The minimum Gasteiger partial charge on any atom is -0.479 e. The molecule has 1 rings (SSSR count). The third kappa shape index (κ3) is 4.85. The fourth-order valence-electron chi connectivity index (χ4n) is 1.35. The Morgan fingerprint density at radius 3 is 2.42 bits per heavy atom. The average Bonchev–Trinajstić information content (AvgIpc) is 2.34. The Morgan fingerprint density at radius 1 is 1.37 bits per heavy atom. The number of rotatable bonds is 7.